The number of fused-ring (bicyclic) bond motifs is 1. The van der Waals surface area contributed by atoms with E-state index < -0.39 is 0 Å². The van der Waals surface area contributed by atoms with E-state index in [2.05, 4.69) is 10.3 Å². The molecule has 0 fully saturated rings. The van der Waals surface area contributed by atoms with E-state index in [9.17, 15) is 0 Å². The monoisotopic (exact) mass is 203 g/mol. The number of benzene rings is 1. The van der Waals surface area contributed by atoms with E-state index in [0.29, 0.717) is 6.61 Å². The summed E-state index contributed by atoms with van der Waals surface area (Å²) in [6.07, 6.45) is 1.72. The Morgan fingerprint density at radius 1 is 1.47 bits per heavy atom. The Morgan fingerprint density at radius 3 is 3.07 bits per heavy atom. The summed E-state index contributed by atoms with van der Waals surface area (Å²) < 4.78 is 0. The first-order chi connectivity index (χ1) is 7.33. The van der Waals surface area contributed by atoms with Crippen LogP contribution in [0.15, 0.2) is 34.5 Å². The first kappa shape index (κ1) is 9.71. The van der Waals surface area contributed by atoms with E-state index >= 15 is 0 Å². The zero-order valence-corrected chi connectivity index (χ0v) is 8.84. The van der Waals surface area contributed by atoms with Crippen molar-refractivity contribution in [3.8, 4) is 0 Å². The maximum Gasteiger partial charge on any atom is 0.195 e. The summed E-state index contributed by atoms with van der Waals surface area (Å²) in [5.74, 6) is 0.745. The van der Waals surface area contributed by atoms with Gasteiger partial charge in [-0.2, -0.15) is 5.10 Å². The van der Waals surface area contributed by atoms with Gasteiger partial charge < -0.3 is 4.84 Å². The lowest BCUT2D eigenvalue weighted by Crippen LogP contribution is -2.26. The molecule has 1 heterocycles. The van der Waals surface area contributed by atoms with Crippen molar-refractivity contribution >= 4 is 12.1 Å². The van der Waals surface area contributed by atoms with E-state index in [1.54, 1.807) is 11.2 Å². The number of oxime groups is 1. The van der Waals surface area contributed by atoms with Gasteiger partial charge >= 0.3 is 0 Å². The molecule has 4 nitrogen and oxygen atoms in total. The van der Waals surface area contributed by atoms with Gasteiger partial charge in [0, 0.05) is 24.4 Å². The lowest BCUT2D eigenvalue weighted by atomic mass is 10.1. The first-order valence-electron chi connectivity index (χ1n) is 4.83. The van der Waals surface area contributed by atoms with E-state index in [1.165, 1.54) is 0 Å². The number of amidine groups is 1. The molecule has 0 aliphatic carbocycles. The fraction of sp³-hybridized carbons (Fsp3) is 0.273. The Labute approximate surface area is 88.8 Å². The standard InChI is InChI=1S/C11H13N3O/c1-3-12-14(2)11-10-7-5-4-6-9(10)8-15-13-11/h3-7H,8H2,1-2H3/b12-3+. The van der Waals surface area contributed by atoms with Crippen LogP contribution in [0.1, 0.15) is 18.1 Å². The van der Waals surface area contributed by atoms with E-state index in [-0.39, 0.29) is 0 Å². The average Bonchev–Trinajstić information content (AvgIpc) is 2.28. The predicted octanol–water partition coefficient (Wildman–Crippen LogP) is 1.82. The molecule has 0 atom stereocenters. The van der Waals surface area contributed by atoms with Crippen LogP contribution < -0.4 is 0 Å². The Hall–Kier alpha value is -1.84. The lowest BCUT2D eigenvalue weighted by molar-refractivity contribution is 0.121. The van der Waals surface area contributed by atoms with Gasteiger partial charge in [0.1, 0.15) is 6.61 Å². The Balaban J connectivity index is 2.38. The molecule has 15 heavy (non-hydrogen) atoms. The maximum absolute atomic E-state index is 5.15. The van der Waals surface area contributed by atoms with Crippen molar-refractivity contribution in [1.82, 2.24) is 5.01 Å². The first-order valence-corrected chi connectivity index (χ1v) is 4.83. The number of hydrogen-bond donors (Lipinski definition) is 0. The van der Waals surface area contributed by atoms with Crippen molar-refractivity contribution in [2.24, 2.45) is 10.3 Å². The van der Waals surface area contributed by atoms with Crippen LogP contribution in [0.4, 0.5) is 0 Å². The zero-order valence-electron chi connectivity index (χ0n) is 8.84. The molecule has 0 bridgehead atoms. The van der Waals surface area contributed by atoms with Crippen LogP contribution in [-0.4, -0.2) is 24.1 Å². The smallest absolute Gasteiger partial charge is 0.195 e. The number of nitrogens with zero attached hydrogens (tertiary/aromatic N) is 3. The summed E-state index contributed by atoms with van der Waals surface area (Å²) in [4.78, 5) is 5.15. The van der Waals surface area contributed by atoms with E-state index in [0.717, 1.165) is 17.0 Å². The van der Waals surface area contributed by atoms with Gasteiger partial charge in [0.2, 0.25) is 0 Å². The van der Waals surface area contributed by atoms with Crippen LogP contribution in [0.2, 0.25) is 0 Å². The molecular formula is C11H13N3O. The second kappa shape index (κ2) is 4.13. The molecule has 0 unspecified atom stereocenters. The highest BCUT2D eigenvalue weighted by molar-refractivity contribution is 6.00. The molecule has 1 aromatic rings. The van der Waals surface area contributed by atoms with Gasteiger partial charge in [-0.15, -0.1) is 0 Å². The fourth-order valence-electron chi connectivity index (χ4n) is 1.54. The molecule has 1 aromatic carbocycles. The van der Waals surface area contributed by atoms with Crippen molar-refractivity contribution in [3.63, 3.8) is 0 Å². The highest BCUT2D eigenvalue weighted by Gasteiger charge is 2.17. The van der Waals surface area contributed by atoms with E-state index in [1.807, 2.05) is 38.2 Å². The van der Waals surface area contributed by atoms with Gasteiger partial charge in [0.15, 0.2) is 5.84 Å². The average molecular weight is 203 g/mol. The van der Waals surface area contributed by atoms with Crippen LogP contribution in [-0.2, 0) is 11.4 Å². The summed E-state index contributed by atoms with van der Waals surface area (Å²) in [7, 11) is 1.85. The molecule has 0 amide bonds. The molecule has 0 spiro atoms. The molecule has 1 aliphatic rings. The van der Waals surface area contributed by atoms with Gasteiger partial charge in [0.05, 0.1) is 0 Å². The second-order valence-corrected chi connectivity index (χ2v) is 3.24. The summed E-state index contributed by atoms with van der Waals surface area (Å²) in [6.45, 7) is 2.40. The lowest BCUT2D eigenvalue weighted by Gasteiger charge is -2.20. The highest BCUT2D eigenvalue weighted by Crippen LogP contribution is 2.17. The third-order valence-electron chi connectivity index (χ3n) is 2.22. The third kappa shape index (κ3) is 1.83. The molecule has 0 aromatic heterocycles. The molecule has 1 aliphatic heterocycles. The maximum atomic E-state index is 5.15. The molecule has 0 saturated heterocycles. The minimum Gasteiger partial charge on any atom is -0.389 e. The minimum absolute atomic E-state index is 0.531. The van der Waals surface area contributed by atoms with Crippen molar-refractivity contribution in [2.75, 3.05) is 7.05 Å². The van der Waals surface area contributed by atoms with Crippen LogP contribution in [0.25, 0.3) is 0 Å². The zero-order chi connectivity index (χ0) is 10.7. The second-order valence-electron chi connectivity index (χ2n) is 3.24. The van der Waals surface area contributed by atoms with Crippen molar-refractivity contribution in [3.05, 3.63) is 35.4 Å². The van der Waals surface area contributed by atoms with Crippen molar-refractivity contribution in [2.45, 2.75) is 13.5 Å². The normalized spacial score (nSPS) is 14.4. The molecular weight excluding hydrogens is 190 g/mol. The molecule has 4 heteroatoms. The Bertz CT molecular complexity index is 412. The highest BCUT2D eigenvalue weighted by atomic mass is 16.6. The molecule has 78 valence electrons. The van der Waals surface area contributed by atoms with Crippen LogP contribution >= 0.6 is 0 Å². The summed E-state index contributed by atoms with van der Waals surface area (Å²) in [6, 6.07) is 8.04. The summed E-state index contributed by atoms with van der Waals surface area (Å²) in [5.41, 5.74) is 2.22. The van der Waals surface area contributed by atoms with Crippen molar-refractivity contribution < 1.29 is 4.84 Å². The summed E-state index contributed by atoms with van der Waals surface area (Å²) in [5, 5.41) is 9.87. The fourth-order valence-corrected chi connectivity index (χ4v) is 1.54. The van der Waals surface area contributed by atoms with Crippen LogP contribution in [0, 0.1) is 0 Å². The number of hydrazone groups is 1. The Morgan fingerprint density at radius 2 is 2.27 bits per heavy atom. The van der Waals surface area contributed by atoms with Gasteiger partial charge in [-0.3, -0.25) is 0 Å². The van der Waals surface area contributed by atoms with Crippen LogP contribution in [0.5, 0.6) is 0 Å². The van der Waals surface area contributed by atoms with Gasteiger partial charge in [-0.25, -0.2) is 5.01 Å². The molecule has 0 N–H and O–H groups in total. The van der Waals surface area contributed by atoms with E-state index in [4.69, 9.17) is 4.84 Å². The largest absolute Gasteiger partial charge is 0.389 e. The topological polar surface area (TPSA) is 37.2 Å². The SMILES string of the molecule is C/C=N/N(C)C1=NOCc2ccccc21. The van der Waals surface area contributed by atoms with Crippen molar-refractivity contribution in [1.29, 1.82) is 0 Å². The summed E-state index contributed by atoms with van der Waals surface area (Å²) >= 11 is 0. The number of hydrogen-bond acceptors (Lipinski definition) is 4. The molecule has 0 saturated carbocycles. The van der Waals surface area contributed by atoms with Gasteiger partial charge in [-0.05, 0) is 6.92 Å². The quantitative estimate of drug-likeness (QED) is 0.515. The minimum atomic E-state index is 0.531. The third-order valence-corrected chi connectivity index (χ3v) is 2.22. The van der Waals surface area contributed by atoms with Gasteiger partial charge in [0.25, 0.3) is 0 Å². The molecule has 0 radical (unpaired) electrons. The van der Waals surface area contributed by atoms with Gasteiger partial charge in [-0.1, -0.05) is 29.4 Å². The number of rotatable bonds is 1. The van der Waals surface area contributed by atoms with Crippen LogP contribution in [0.3, 0.4) is 0 Å². The predicted molar refractivity (Wildman–Crippen MR) is 59.7 cm³/mol. The molecule has 2 rings (SSSR count). The Kier molecular flexibility index (Phi) is 2.67.